The molecule has 2 heterocycles. The van der Waals surface area contributed by atoms with Crippen molar-refractivity contribution in [2.45, 2.75) is 13.5 Å². The zero-order valence-corrected chi connectivity index (χ0v) is 10.0. The predicted octanol–water partition coefficient (Wildman–Crippen LogP) is 1.25. The van der Waals surface area contributed by atoms with E-state index in [1.807, 2.05) is 32.3 Å². The van der Waals surface area contributed by atoms with Crippen molar-refractivity contribution in [1.82, 2.24) is 19.7 Å². The largest absolute Gasteiger partial charge is 0.364 e. The molecule has 0 atom stereocenters. The van der Waals surface area contributed by atoms with Crippen LogP contribution in [0.3, 0.4) is 0 Å². The maximum Gasteiger partial charge on any atom is 0.224 e. The average Bonchev–Trinajstić information content (AvgIpc) is 2.74. The summed E-state index contributed by atoms with van der Waals surface area (Å²) >= 11 is 0. The highest BCUT2D eigenvalue weighted by Crippen LogP contribution is 2.06. The van der Waals surface area contributed by atoms with Crippen molar-refractivity contribution in [1.29, 1.82) is 0 Å². The van der Waals surface area contributed by atoms with Crippen molar-refractivity contribution in [3.05, 3.63) is 30.2 Å². The van der Waals surface area contributed by atoms with E-state index in [2.05, 4.69) is 25.7 Å². The Bertz CT molecular complexity index is 478. The second kappa shape index (κ2) is 5.29. The molecule has 0 radical (unpaired) electrons. The van der Waals surface area contributed by atoms with Crippen LogP contribution in [0.15, 0.2) is 24.5 Å². The number of nitrogens with one attached hydrogen (secondary N) is 2. The summed E-state index contributed by atoms with van der Waals surface area (Å²) in [6, 6.07) is 3.81. The number of hydrogen-bond donors (Lipinski definition) is 2. The molecule has 90 valence electrons. The van der Waals surface area contributed by atoms with Crippen molar-refractivity contribution >= 4 is 11.8 Å². The standard InChI is InChI=1S/C11H16N6/c1-3-12-11-13-6-4-10(15-11)14-8-9-5-7-17(2)16-9/h4-7H,3,8H2,1-2H3,(H2,12,13,14,15). The van der Waals surface area contributed by atoms with E-state index in [1.165, 1.54) is 0 Å². The molecule has 0 aliphatic heterocycles. The van der Waals surface area contributed by atoms with Crippen molar-refractivity contribution in [2.24, 2.45) is 7.05 Å². The average molecular weight is 232 g/mol. The summed E-state index contributed by atoms with van der Waals surface area (Å²) in [5, 5.41) is 10.6. The van der Waals surface area contributed by atoms with Crippen LogP contribution in [0, 0.1) is 0 Å². The van der Waals surface area contributed by atoms with E-state index in [4.69, 9.17) is 0 Å². The van der Waals surface area contributed by atoms with Crippen LogP contribution >= 0.6 is 0 Å². The quantitative estimate of drug-likeness (QED) is 0.812. The van der Waals surface area contributed by atoms with Crippen LogP contribution in [0.4, 0.5) is 11.8 Å². The molecule has 0 fully saturated rings. The maximum absolute atomic E-state index is 4.32. The Kier molecular flexibility index (Phi) is 3.54. The van der Waals surface area contributed by atoms with E-state index in [9.17, 15) is 0 Å². The van der Waals surface area contributed by atoms with E-state index in [0.717, 1.165) is 18.1 Å². The lowest BCUT2D eigenvalue weighted by Gasteiger charge is -2.05. The zero-order valence-electron chi connectivity index (χ0n) is 10.0. The summed E-state index contributed by atoms with van der Waals surface area (Å²) in [5.41, 5.74) is 0.983. The lowest BCUT2D eigenvalue weighted by molar-refractivity contribution is 0.747. The molecule has 6 nitrogen and oxygen atoms in total. The van der Waals surface area contributed by atoms with Crippen LogP contribution < -0.4 is 10.6 Å². The third kappa shape index (κ3) is 3.17. The van der Waals surface area contributed by atoms with Crippen LogP contribution in [-0.2, 0) is 13.6 Å². The first-order chi connectivity index (χ1) is 8.28. The first-order valence-corrected chi connectivity index (χ1v) is 5.57. The van der Waals surface area contributed by atoms with Gasteiger partial charge in [0.2, 0.25) is 5.95 Å². The monoisotopic (exact) mass is 232 g/mol. The lowest BCUT2D eigenvalue weighted by atomic mass is 10.4. The van der Waals surface area contributed by atoms with E-state index >= 15 is 0 Å². The van der Waals surface area contributed by atoms with Gasteiger partial charge >= 0.3 is 0 Å². The molecule has 17 heavy (non-hydrogen) atoms. The Morgan fingerprint density at radius 3 is 2.88 bits per heavy atom. The highest BCUT2D eigenvalue weighted by atomic mass is 15.3. The smallest absolute Gasteiger partial charge is 0.224 e. The molecule has 0 saturated carbocycles. The van der Waals surface area contributed by atoms with Crippen molar-refractivity contribution in [3.63, 3.8) is 0 Å². The molecule has 0 amide bonds. The number of hydrogen-bond acceptors (Lipinski definition) is 5. The molecular formula is C11H16N6. The van der Waals surface area contributed by atoms with Crippen LogP contribution in [0.1, 0.15) is 12.6 Å². The molecule has 2 rings (SSSR count). The number of anilines is 2. The van der Waals surface area contributed by atoms with Gasteiger partial charge in [-0.2, -0.15) is 10.1 Å². The lowest BCUT2D eigenvalue weighted by Crippen LogP contribution is -2.06. The minimum absolute atomic E-state index is 0.638. The Morgan fingerprint density at radius 2 is 2.18 bits per heavy atom. The summed E-state index contributed by atoms with van der Waals surface area (Å²) < 4.78 is 1.78. The van der Waals surface area contributed by atoms with Gasteiger partial charge in [0.05, 0.1) is 12.2 Å². The number of aromatic nitrogens is 4. The molecule has 0 aromatic carbocycles. The Labute approximate surface area is 100 Å². The maximum atomic E-state index is 4.32. The molecule has 2 aromatic heterocycles. The Morgan fingerprint density at radius 1 is 1.29 bits per heavy atom. The summed E-state index contributed by atoms with van der Waals surface area (Å²) in [5.74, 6) is 1.43. The van der Waals surface area contributed by atoms with Crippen molar-refractivity contribution in [2.75, 3.05) is 17.2 Å². The molecule has 2 aromatic rings. The van der Waals surface area contributed by atoms with Crippen LogP contribution in [-0.4, -0.2) is 26.3 Å². The number of aryl methyl sites for hydroxylation is 1. The predicted molar refractivity (Wildman–Crippen MR) is 66.7 cm³/mol. The van der Waals surface area contributed by atoms with Gasteiger partial charge in [0.15, 0.2) is 0 Å². The van der Waals surface area contributed by atoms with Crippen LogP contribution in [0.2, 0.25) is 0 Å². The minimum Gasteiger partial charge on any atom is -0.364 e. The summed E-state index contributed by atoms with van der Waals surface area (Å²) in [4.78, 5) is 8.42. The van der Waals surface area contributed by atoms with Gasteiger partial charge in [-0.15, -0.1) is 0 Å². The van der Waals surface area contributed by atoms with Gasteiger partial charge in [0.25, 0.3) is 0 Å². The summed E-state index contributed by atoms with van der Waals surface area (Å²) in [6.45, 7) is 3.48. The van der Waals surface area contributed by atoms with E-state index in [-0.39, 0.29) is 0 Å². The summed E-state index contributed by atoms with van der Waals surface area (Å²) in [6.07, 6.45) is 3.65. The molecule has 0 spiro atoms. The third-order valence-electron chi connectivity index (χ3n) is 2.21. The van der Waals surface area contributed by atoms with Gasteiger partial charge in [-0.25, -0.2) is 4.98 Å². The molecular weight excluding hydrogens is 216 g/mol. The van der Waals surface area contributed by atoms with Gasteiger partial charge in [-0.05, 0) is 19.1 Å². The highest BCUT2D eigenvalue weighted by molar-refractivity contribution is 5.39. The van der Waals surface area contributed by atoms with Crippen molar-refractivity contribution < 1.29 is 0 Å². The van der Waals surface area contributed by atoms with Gasteiger partial charge in [-0.1, -0.05) is 0 Å². The minimum atomic E-state index is 0.638. The molecule has 0 bridgehead atoms. The Hall–Kier alpha value is -2.11. The van der Waals surface area contributed by atoms with Gasteiger partial charge in [-0.3, -0.25) is 4.68 Å². The van der Waals surface area contributed by atoms with Crippen LogP contribution in [0.25, 0.3) is 0 Å². The number of nitrogens with zero attached hydrogens (tertiary/aromatic N) is 4. The summed E-state index contributed by atoms with van der Waals surface area (Å²) in [7, 11) is 1.90. The fourth-order valence-electron chi connectivity index (χ4n) is 1.44. The first kappa shape index (κ1) is 11.4. The third-order valence-corrected chi connectivity index (χ3v) is 2.21. The highest BCUT2D eigenvalue weighted by Gasteiger charge is 1.99. The molecule has 0 saturated heterocycles. The van der Waals surface area contributed by atoms with Gasteiger partial charge < -0.3 is 10.6 Å². The van der Waals surface area contributed by atoms with Crippen molar-refractivity contribution in [3.8, 4) is 0 Å². The van der Waals surface area contributed by atoms with E-state index < -0.39 is 0 Å². The molecule has 0 unspecified atom stereocenters. The second-order valence-electron chi connectivity index (χ2n) is 3.63. The molecule has 0 aliphatic rings. The second-order valence-corrected chi connectivity index (χ2v) is 3.63. The fourth-order valence-corrected chi connectivity index (χ4v) is 1.44. The SMILES string of the molecule is CCNc1nccc(NCc2ccn(C)n2)n1. The van der Waals surface area contributed by atoms with E-state index in [1.54, 1.807) is 10.9 Å². The topological polar surface area (TPSA) is 67.7 Å². The Balaban J connectivity index is 1.96. The van der Waals surface area contributed by atoms with Gasteiger partial charge in [0, 0.05) is 26.0 Å². The molecule has 6 heteroatoms. The van der Waals surface area contributed by atoms with Gasteiger partial charge in [0.1, 0.15) is 5.82 Å². The first-order valence-electron chi connectivity index (χ1n) is 5.57. The zero-order chi connectivity index (χ0) is 12.1. The molecule has 2 N–H and O–H groups in total. The van der Waals surface area contributed by atoms with Crippen LogP contribution in [0.5, 0.6) is 0 Å². The fraction of sp³-hybridized carbons (Fsp3) is 0.364. The molecule has 0 aliphatic carbocycles. The van der Waals surface area contributed by atoms with E-state index in [0.29, 0.717) is 12.5 Å². The number of rotatable bonds is 5. The normalized spacial score (nSPS) is 10.2.